The summed E-state index contributed by atoms with van der Waals surface area (Å²) in [5.74, 6) is 0.520. The van der Waals surface area contributed by atoms with Crippen LogP contribution in [0.25, 0.3) is 22.5 Å². The van der Waals surface area contributed by atoms with Crippen molar-refractivity contribution in [3.8, 4) is 22.5 Å². The first-order chi connectivity index (χ1) is 10.7. The Morgan fingerprint density at radius 2 is 1.50 bits per heavy atom. The fourth-order valence-corrected chi connectivity index (χ4v) is 2.73. The second-order valence-electron chi connectivity index (χ2n) is 4.85. The molecule has 0 spiro atoms. The molecular formula is C18H15NO2S. The molecule has 0 radical (unpaired) electrons. The second kappa shape index (κ2) is 6.12. The molecule has 4 heteroatoms. The van der Waals surface area contributed by atoms with Gasteiger partial charge in [0.2, 0.25) is 0 Å². The number of benzene rings is 2. The van der Waals surface area contributed by atoms with Gasteiger partial charge >= 0.3 is 0 Å². The van der Waals surface area contributed by atoms with Gasteiger partial charge in [0.15, 0.2) is 5.76 Å². The summed E-state index contributed by atoms with van der Waals surface area (Å²) in [6.07, 6.45) is 0. The van der Waals surface area contributed by atoms with Gasteiger partial charge in [-0.2, -0.15) is 0 Å². The molecule has 1 heterocycles. The van der Waals surface area contributed by atoms with E-state index < -0.39 is 0 Å². The zero-order valence-electron chi connectivity index (χ0n) is 12.2. The Morgan fingerprint density at radius 3 is 2.05 bits per heavy atom. The monoisotopic (exact) mass is 309 g/mol. The zero-order valence-corrected chi connectivity index (χ0v) is 13.0. The van der Waals surface area contributed by atoms with Crippen LogP contribution >= 0.6 is 12.2 Å². The van der Waals surface area contributed by atoms with Gasteiger partial charge in [-0.05, 0) is 24.7 Å². The standard InChI is InChI=1S/C18H15NO2S/c1-2-19-17(20)15(13-9-5-3-6-10-13)16(21-18(19)22)14-11-7-4-8-12-14/h3-12H,2H2,1H3. The molecule has 1 aromatic heterocycles. The molecule has 3 rings (SSSR count). The highest BCUT2D eigenvalue weighted by Gasteiger charge is 2.17. The van der Waals surface area contributed by atoms with Crippen LogP contribution in [0.15, 0.2) is 69.9 Å². The molecule has 0 saturated heterocycles. The lowest BCUT2D eigenvalue weighted by molar-refractivity contribution is 0.468. The van der Waals surface area contributed by atoms with Crippen LogP contribution < -0.4 is 5.56 Å². The Morgan fingerprint density at radius 1 is 0.955 bits per heavy atom. The van der Waals surface area contributed by atoms with E-state index in [1.807, 2.05) is 67.6 Å². The third kappa shape index (κ3) is 2.53. The number of nitrogens with zero attached hydrogens (tertiary/aromatic N) is 1. The normalized spacial score (nSPS) is 10.6. The van der Waals surface area contributed by atoms with Crippen molar-refractivity contribution in [2.24, 2.45) is 0 Å². The molecule has 0 unspecified atom stereocenters. The Hall–Kier alpha value is -2.46. The van der Waals surface area contributed by atoms with E-state index in [1.54, 1.807) is 0 Å². The average molecular weight is 309 g/mol. The highest BCUT2D eigenvalue weighted by Crippen LogP contribution is 2.29. The van der Waals surface area contributed by atoms with E-state index >= 15 is 0 Å². The Bertz CT molecular complexity index is 896. The van der Waals surface area contributed by atoms with Gasteiger partial charge < -0.3 is 4.42 Å². The molecule has 0 saturated carbocycles. The fourth-order valence-electron chi connectivity index (χ4n) is 2.43. The molecule has 2 aromatic carbocycles. The van der Waals surface area contributed by atoms with Crippen molar-refractivity contribution < 1.29 is 4.42 Å². The molecule has 0 aliphatic heterocycles. The van der Waals surface area contributed by atoms with Crippen molar-refractivity contribution in [1.29, 1.82) is 0 Å². The maximum absolute atomic E-state index is 12.9. The summed E-state index contributed by atoms with van der Waals surface area (Å²) in [6, 6.07) is 19.1. The van der Waals surface area contributed by atoms with Gasteiger partial charge in [-0.1, -0.05) is 60.7 Å². The maximum atomic E-state index is 12.9. The SMILES string of the molecule is CCn1c(=S)oc(-c2ccccc2)c(-c2ccccc2)c1=O. The van der Waals surface area contributed by atoms with Crippen molar-refractivity contribution in [2.45, 2.75) is 13.5 Å². The number of aromatic nitrogens is 1. The van der Waals surface area contributed by atoms with Crippen molar-refractivity contribution in [2.75, 3.05) is 0 Å². The van der Waals surface area contributed by atoms with E-state index in [4.69, 9.17) is 16.6 Å². The average Bonchev–Trinajstić information content (AvgIpc) is 2.56. The summed E-state index contributed by atoms with van der Waals surface area (Å²) in [5.41, 5.74) is 2.09. The lowest BCUT2D eigenvalue weighted by Gasteiger charge is -2.11. The molecular weight excluding hydrogens is 294 g/mol. The zero-order chi connectivity index (χ0) is 15.5. The first-order valence-corrected chi connectivity index (χ1v) is 7.52. The molecule has 22 heavy (non-hydrogen) atoms. The van der Waals surface area contributed by atoms with Crippen molar-refractivity contribution in [1.82, 2.24) is 4.57 Å². The van der Waals surface area contributed by atoms with Crippen LogP contribution in [0.4, 0.5) is 0 Å². The minimum absolute atomic E-state index is 0.121. The minimum Gasteiger partial charge on any atom is -0.430 e. The minimum atomic E-state index is -0.121. The molecule has 0 bridgehead atoms. The first kappa shape index (κ1) is 14.5. The van der Waals surface area contributed by atoms with Crippen LogP contribution in [0.2, 0.25) is 0 Å². The molecule has 110 valence electrons. The van der Waals surface area contributed by atoms with E-state index in [0.29, 0.717) is 17.9 Å². The van der Waals surface area contributed by atoms with Gasteiger partial charge in [-0.15, -0.1) is 0 Å². The van der Waals surface area contributed by atoms with Gasteiger partial charge in [-0.3, -0.25) is 9.36 Å². The smallest absolute Gasteiger partial charge is 0.271 e. The van der Waals surface area contributed by atoms with Gasteiger partial charge in [0.1, 0.15) is 0 Å². The fraction of sp³-hybridized carbons (Fsp3) is 0.111. The maximum Gasteiger partial charge on any atom is 0.271 e. The van der Waals surface area contributed by atoms with E-state index in [-0.39, 0.29) is 10.4 Å². The van der Waals surface area contributed by atoms with E-state index in [2.05, 4.69) is 0 Å². The molecule has 3 aromatic rings. The van der Waals surface area contributed by atoms with Crippen LogP contribution in [0.1, 0.15) is 6.92 Å². The highest BCUT2D eigenvalue weighted by molar-refractivity contribution is 7.71. The van der Waals surface area contributed by atoms with E-state index in [0.717, 1.165) is 11.1 Å². The molecule has 0 aliphatic rings. The van der Waals surface area contributed by atoms with E-state index in [1.165, 1.54) is 4.57 Å². The van der Waals surface area contributed by atoms with Crippen LogP contribution in [-0.4, -0.2) is 4.57 Å². The molecule has 0 atom stereocenters. The summed E-state index contributed by atoms with van der Waals surface area (Å²) in [4.78, 5) is 13.1. The molecule has 0 N–H and O–H groups in total. The first-order valence-electron chi connectivity index (χ1n) is 7.11. The molecule has 0 aliphatic carbocycles. The van der Waals surface area contributed by atoms with Crippen molar-refractivity contribution >= 4 is 12.2 Å². The Balaban J connectivity index is 2.40. The van der Waals surface area contributed by atoms with Crippen LogP contribution in [0.5, 0.6) is 0 Å². The number of hydrogen-bond acceptors (Lipinski definition) is 3. The van der Waals surface area contributed by atoms with Crippen molar-refractivity contribution in [3.05, 3.63) is 75.9 Å². The van der Waals surface area contributed by atoms with Crippen LogP contribution in [-0.2, 0) is 6.54 Å². The predicted octanol–water partition coefficient (Wildman–Crippen LogP) is 4.52. The van der Waals surface area contributed by atoms with Crippen molar-refractivity contribution in [3.63, 3.8) is 0 Å². The van der Waals surface area contributed by atoms with Gasteiger partial charge in [-0.25, -0.2) is 0 Å². The van der Waals surface area contributed by atoms with Crippen LogP contribution in [0.3, 0.4) is 0 Å². The van der Waals surface area contributed by atoms with E-state index in [9.17, 15) is 4.79 Å². The Kier molecular flexibility index (Phi) is 4.02. The molecule has 0 amide bonds. The van der Waals surface area contributed by atoms with Gasteiger partial charge in [0, 0.05) is 12.1 Å². The highest BCUT2D eigenvalue weighted by atomic mass is 32.1. The second-order valence-corrected chi connectivity index (χ2v) is 5.20. The molecule has 0 fully saturated rings. The lowest BCUT2D eigenvalue weighted by Crippen LogP contribution is -2.22. The molecule has 3 nitrogen and oxygen atoms in total. The topological polar surface area (TPSA) is 35.1 Å². The predicted molar refractivity (Wildman–Crippen MR) is 90.3 cm³/mol. The quantitative estimate of drug-likeness (QED) is 0.667. The third-order valence-corrected chi connectivity index (χ3v) is 3.81. The lowest BCUT2D eigenvalue weighted by atomic mass is 10.0. The Labute approximate surface area is 133 Å². The third-order valence-electron chi connectivity index (χ3n) is 3.51. The summed E-state index contributed by atoms with van der Waals surface area (Å²) < 4.78 is 7.31. The summed E-state index contributed by atoms with van der Waals surface area (Å²) in [7, 11) is 0. The van der Waals surface area contributed by atoms with Crippen LogP contribution in [0, 0.1) is 4.84 Å². The summed E-state index contributed by atoms with van der Waals surface area (Å²) in [6.45, 7) is 2.36. The summed E-state index contributed by atoms with van der Waals surface area (Å²) >= 11 is 5.23. The van der Waals surface area contributed by atoms with Gasteiger partial charge in [0.05, 0.1) is 5.56 Å². The largest absolute Gasteiger partial charge is 0.430 e. The number of rotatable bonds is 3. The number of hydrogen-bond donors (Lipinski definition) is 0. The van der Waals surface area contributed by atoms with Gasteiger partial charge in [0.25, 0.3) is 10.4 Å². The summed E-state index contributed by atoms with van der Waals surface area (Å²) in [5, 5.41) is 0.